The van der Waals surface area contributed by atoms with Crippen molar-refractivity contribution in [1.82, 2.24) is 0 Å². The third-order valence-corrected chi connectivity index (χ3v) is 9.92. The molecule has 2 heterocycles. The van der Waals surface area contributed by atoms with Crippen LogP contribution in [0.4, 0.5) is 0 Å². The van der Waals surface area contributed by atoms with Crippen molar-refractivity contribution in [2.75, 3.05) is 33.0 Å². The lowest BCUT2D eigenvalue weighted by Gasteiger charge is -2.48. The summed E-state index contributed by atoms with van der Waals surface area (Å²) in [6, 6.07) is 7.76. The third kappa shape index (κ3) is 10.3. The molecule has 0 aliphatic carbocycles. The first kappa shape index (κ1) is 41.6. The highest BCUT2D eigenvalue weighted by atomic mass is 16.7. The smallest absolute Gasteiger partial charge is 0.306 e. The molecule has 2 saturated heterocycles. The van der Waals surface area contributed by atoms with Crippen LogP contribution >= 0.6 is 0 Å². The van der Waals surface area contributed by atoms with E-state index in [1.165, 1.54) is 0 Å². The fourth-order valence-electron chi connectivity index (χ4n) is 6.64. The summed E-state index contributed by atoms with van der Waals surface area (Å²) in [5, 5.41) is 21.1. The Bertz CT molecular complexity index is 1580. The van der Waals surface area contributed by atoms with Gasteiger partial charge in [0, 0.05) is 18.3 Å². The van der Waals surface area contributed by atoms with Crippen molar-refractivity contribution in [2.45, 2.75) is 138 Å². The largest absolute Gasteiger partial charge is 0.507 e. The van der Waals surface area contributed by atoms with Crippen LogP contribution in [0.2, 0.25) is 0 Å². The Hall–Kier alpha value is -3.18. The molecular weight excluding hydrogens is 664 g/mol. The lowest BCUT2D eigenvalue weighted by Crippen LogP contribution is -2.58. The van der Waals surface area contributed by atoms with Crippen molar-refractivity contribution >= 4 is 11.9 Å². The summed E-state index contributed by atoms with van der Waals surface area (Å²) in [4.78, 5) is 25.7. The molecule has 10 nitrogen and oxygen atoms in total. The highest BCUT2D eigenvalue weighted by Crippen LogP contribution is 2.39. The Labute approximate surface area is 310 Å². The molecule has 0 saturated carbocycles. The van der Waals surface area contributed by atoms with Gasteiger partial charge in [-0.15, -0.1) is 0 Å². The van der Waals surface area contributed by atoms with E-state index in [1.807, 2.05) is 72.7 Å². The molecule has 10 heteroatoms. The van der Waals surface area contributed by atoms with E-state index in [9.17, 15) is 19.8 Å². The van der Waals surface area contributed by atoms with Crippen molar-refractivity contribution in [3.8, 4) is 11.5 Å². The number of aryl methyl sites for hydroxylation is 4. The Kier molecular flexibility index (Phi) is 12.5. The van der Waals surface area contributed by atoms with E-state index in [2.05, 4.69) is 20.8 Å². The summed E-state index contributed by atoms with van der Waals surface area (Å²) in [7, 11) is 0. The number of aromatic hydroxyl groups is 2. The van der Waals surface area contributed by atoms with E-state index in [1.54, 1.807) is 13.8 Å². The summed E-state index contributed by atoms with van der Waals surface area (Å²) in [5.74, 6) is -0.0750. The molecule has 2 aliphatic heterocycles. The molecule has 0 unspecified atom stereocenters. The molecule has 2 aromatic carbocycles. The van der Waals surface area contributed by atoms with E-state index in [0.29, 0.717) is 50.8 Å². The lowest BCUT2D eigenvalue weighted by atomic mass is 9.83. The second-order valence-electron chi connectivity index (χ2n) is 18.3. The van der Waals surface area contributed by atoms with Gasteiger partial charge in [0.15, 0.2) is 18.2 Å². The summed E-state index contributed by atoms with van der Waals surface area (Å²) >= 11 is 0. The Morgan fingerprint density at radius 3 is 1.50 bits per heavy atom. The number of hydrogen-bond donors (Lipinski definition) is 2. The minimum absolute atomic E-state index is 0.129. The van der Waals surface area contributed by atoms with Gasteiger partial charge >= 0.3 is 11.9 Å². The van der Waals surface area contributed by atoms with Gasteiger partial charge in [0.05, 0.1) is 31.8 Å². The van der Waals surface area contributed by atoms with Gasteiger partial charge in [-0.05, 0) is 84.7 Å². The molecule has 1 spiro atoms. The number of hydrogen-bond acceptors (Lipinski definition) is 10. The number of carbonyl (C=O) groups is 2. The second-order valence-corrected chi connectivity index (χ2v) is 18.3. The van der Waals surface area contributed by atoms with Crippen molar-refractivity contribution in [3.05, 3.63) is 57.6 Å². The number of phenols is 2. The van der Waals surface area contributed by atoms with Crippen LogP contribution in [-0.2, 0) is 61.7 Å². The standard InChI is InChI=1S/C42H62O10/c1-26-17-28(19-30(34(26)45)38(3,4)5)13-15-32(43)47-21-40(9,10)36-48-22-42(23-49-36)24-50-37(51-25-42)41(11,12)52-33(44)16-14-29-18-27(2)35(46)31(20-29)39(6,7)8/h17-20,36-37,45-46H,13-16,21-25H2,1-12H3. The normalized spacial score (nSPS) is 21.6. The summed E-state index contributed by atoms with van der Waals surface area (Å²) < 4.78 is 36.1. The number of rotatable bonds is 11. The van der Waals surface area contributed by atoms with E-state index in [4.69, 9.17) is 28.4 Å². The molecule has 0 atom stereocenters. The number of ether oxygens (including phenoxy) is 6. The predicted octanol–water partition coefficient (Wildman–Crippen LogP) is 7.50. The van der Waals surface area contributed by atoms with Crippen LogP contribution in [0.25, 0.3) is 0 Å². The van der Waals surface area contributed by atoms with Gasteiger partial charge in [0.25, 0.3) is 0 Å². The van der Waals surface area contributed by atoms with Crippen LogP contribution < -0.4 is 0 Å². The maximum atomic E-state index is 12.9. The molecule has 290 valence electrons. The molecule has 2 N–H and O–H groups in total. The predicted molar refractivity (Wildman–Crippen MR) is 198 cm³/mol. The molecule has 2 aromatic rings. The van der Waals surface area contributed by atoms with Crippen LogP contribution in [0.15, 0.2) is 24.3 Å². The maximum Gasteiger partial charge on any atom is 0.306 e. The van der Waals surface area contributed by atoms with Gasteiger partial charge in [0.2, 0.25) is 0 Å². The van der Waals surface area contributed by atoms with Gasteiger partial charge in [-0.2, -0.15) is 0 Å². The van der Waals surface area contributed by atoms with Crippen molar-refractivity contribution in [2.24, 2.45) is 10.8 Å². The molecule has 0 aromatic heterocycles. The van der Waals surface area contributed by atoms with E-state index >= 15 is 0 Å². The fourth-order valence-corrected chi connectivity index (χ4v) is 6.64. The van der Waals surface area contributed by atoms with Crippen LogP contribution in [-0.4, -0.2) is 73.4 Å². The molecule has 52 heavy (non-hydrogen) atoms. The Balaban J connectivity index is 1.21. The Morgan fingerprint density at radius 1 is 0.673 bits per heavy atom. The maximum absolute atomic E-state index is 12.9. The van der Waals surface area contributed by atoms with Crippen LogP contribution in [0.1, 0.15) is 115 Å². The van der Waals surface area contributed by atoms with Crippen LogP contribution in [0.3, 0.4) is 0 Å². The number of esters is 2. The zero-order valence-electron chi connectivity index (χ0n) is 33.5. The first-order valence-electron chi connectivity index (χ1n) is 18.4. The van der Waals surface area contributed by atoms with Gasteiger partial charge in [0.1, 0.15) is 18.1 Å². The SMILES string of the molecule is Cc1cc(CCC(=O)OCC(C)(C)C2OCC3(CO2)COC(C(C)(C)OC(=O)CCc2cc(C)c(O)c(C(C)(C)C)c2)OC3)cc(C(C)(C)C)c1O. The molecule has 4 rings (SSSR count). The first-order chi connectivity index (χ1) is 23.9. The van der Waals surface area contributed by atoms with Crippen molar-refractivity contribution < 1.29 is 48.2 Å². The lowest BCUT2D eigenvalue weighted by molar-refractivity contribution is -0.341. The number of phenolic OH excluding ortho intramolecular Hbond substituents is 2. The highest BCUT2D eigenvalue weighted by molar-refractivity contribution is 5.70. The van der Waals surface area contributed by atoms with E-state index in [-0.39, 0.29) is 42.2 Å². The van der Waals surface area contributed by atoms with E-state index in [0.717, 1.165) is 33.4 Å². The summed E-state index contributed by atoms with van der Waals surface area (Å²) in [6.45, 7) is 24.9. The minimum Gasteiger partial charge on any atom is -0.507 e. The third-order valence-electron chi connectivity index (χ3n) is 9.92. The summed E-state index contributed by atoms with van der Waals surface area (Å²) in [5.41, 5.74) is 2.65. The zero-order chi connectivity index (χ0) is 38.9. The molecule has 0 radical (unpaired) electrons. The van der Waals surface area contributed by atoms with Crippen molar-refractivity contribution in [1.29, 1.82) is 0 Å². The monoisotopic (exact) mass is 726 g/mol. The average Bonchev–Trinajstić information content (AvgIpc) is 3.04. The fraction of sp³-hybridized carbons (Fsp3) is 0.667. The van der Waals surface area contributed by atoms with Gasteiger partial charge in [-0.1, -0.05) is 79.7 Å². The van der Waals surface area contributed by atoms with Crippen LogP contribution in [0, 0.1) is 24.7 Å². The highest BCUT2D eigenvalue weighted by Gasteiger charge is 2.49. The van der Waals surface area contributed by atoms with Gasteiger partial charge in [-0.25, -0.2) is 0 Å². The molecule has 2 aliphatic rings. The molecular formula is C42H62O10. The average molecular weight is 727 g/mol. The molecule has 2 fully saturated rings. The number of benzene rings is 2. The number of carbonyl (C=O) groups excluding carboxylic acids is 2. The summed E-state index contributed by atoms with van der Waals surface area (Å²) in [6.07, 6.45) is 0.0435. The van der Waals surface area contributed by atoms with E-state index < -0.39 is 29.0 Å². The second kappa shape index (κ2) is 15.7. The molecule has 0 amide bonds. The zero-order valence-corrected chi connectivity index (χ0v) is 33.5. The van der Waals surface area contributed by atoms with Gasteiger partial charge in [-0.3, -0.25) is 9.59 Å². The van der Waals surface area contributed by atoms with Crippen molar-refractivity contribution in [3.63, 3.8) is 0 Å². The minimum atomic E-state index is -1.03. The van der Waals surface area contributed by atoms with Gasteiger partial charge < -0.3 is 38.6 Å². The van der Waals surface area contributed by atoms with Crippen LogP contribution in [0.5, 0.6) is 11.5 Å². The quantitative estimate of drug-likeness (QED) is 0.225. The first-order valence-corrected chi connectivity index (χ1v) is 18.4. The Morgan fingerprint density at radius 2 is 1.08 bits per heavy atom. The molecule has 0 bridgehead atoms. The topological polar surface area (TPSA) is 130 Å².